The van der Waals surface area contributed by atoms with Crippen LogP contribution in [0.1, 0.15) is 52.0 Å². The highest BCUT2D eigenvalue weighted by Crippen LogP contribution is 2.37. The summed E-state index contributed by atoms with van der Waals surface area (Å²) in [6.45, 7) is 5.47. The number of hydrogen-bond donors (Lipinski definition) is 2. The average molecular weight is 480 g/mol. The third-order valence-corrected chi connectivity index (χ3v) is 5.46. The molecule has 0 aromatic carbocycles. The Morgan fingerprint density at radius 3 is 2.65 bits per heavy atom. The molecule has 9 nitrogen and oxygen atoms in total. The van der Waals surface area contributed by atoms with Crippen LogP contribution in [0.25, 0.3) is 0 Å². The van der Waals surface area contributed by atoms with Crippen LogP contribution in [0.15, 0.2) is 30.7 Å². The van der Waals surface area contributed by atoms with Crippen LogP contribution in [-0.2, 0) is 16.1 Å². The Labute approximate surface area is 197 Å². The van der Waals surface area contributed by atoms with Gasteiger partial charge in [0.15, 0.2) is 0 Å². The minimum Gasteiger partial charge on any atom is -0.481 e. The molecule has 2 N–H and O–H groups in total. The Morgan fingerprint density at radius 1 is 1.29 bits per heavy atom. The first-order chi connectivity index (χ1) is 16.0. The van der Waals surface area contributed by atoms with Gasteiger partial charge in [-0.15, -0.1) is 0 Å². The number of methoxy groups -OCH3 is 1. The lowest BCUT2D eigenvalue weighted by Crippen LogP contribution is -2.51. The molecule has 11 heteroatoms. The summed E-state index contributed by atoms with van der Waals surface area (Å²) >= 11 is 0. The van der Waals surface area contributed by atoms with Gasteiger partial charge in [0, 0.05) is 30.8 Å². The molecule has 1 fully saturated rings. The number of anilines is 1. The Hall–Kier alpha value is -3.24. The molecule has 0 saturated heterocycles. The van der Waals surface area contributed by atoms with Gasteiger partial charge in [0.1, 0.15) is 11.6 Å². The normalized spacial score (nSPS) is 17.0. The largest absolute Gasteiger partial charge is 0.481 e. The molecule has 0 radical (unpaired) electrons. The molecule has 0 bridgehead atoms. The van der Waals surface area contributed by atoms with Crippen molar-refractivity contribution in [2.45, 2.75) is 70.6 Å². The Kier molecular flexibility index (Phi) is 7.73. The van der Waals surface area contributed by atoms with Crippen LogP contribution in [0.3, 0.4) is 0 Å². The minimum atomic E-state index is -2.75. The summed E-state index contributed by atoms with van der Waals surface area (Å²) in [5.74, 6) is -3.24. The van der Waals surface area contributed by atoms with Crippen LogP contribution < -0.4 is 15.4 Å². The van der Waals surface area contributed by atoms with E-state index in [9.17, 15) is 18.4 Å². The number of amides is 2. The van der Waals surface area contributed by atoms with E-state index in [1.165, 1.54) is 13.3 Å². The van der Waals surface area contributed by atoms with Gasteiger partial charge in [-0.1, -0.05) is 6.07 Å². The van der Waals surface area contributed by atoms with Crippen molar-refractivity contribution >= 4 is 17.7 Å². The van der Waals surface area contributed by atoms with E-state index in [0.717, 1.165) is 5.56 Å². The first-order valence-electron chi connectivity index (χ1n) is 11.1. The van der Waals surface area contributed by atoms with Gasteiger partial charge >= 0.3 is 6.09 Å². The van der Waals surface area contributed by atoms with Crippen LogP contribution in [0, 0.1) is 5.92 Å². The summed E-state index contributed by atoms with van der Waals surface area (Å²) in [5, 5.41) is 9.57. The quantitative estimate of drug-likeness (QED) is 0.622. The number of hydrogen-bond acceptors (Lipinski definition) is 6. The Bertz CT molecular complexity index is 995. The third kappa shape index (κ3) is 7.13. The summed E-state index contributed by atoms with van der Waals surface area (Å²) in [6, 6.07) is 2.61. The highest BCUT2D eigenvalue weighted by atomic mass is 19.3. The summed E-state index contributed by atoms with van der Waals surface area (Å²) < 4.78 is 39.5. The van der Waals surface area contributed by atoms with Crippen molar-refractivity contribution < 1.29 is 27.8 Å². The second kappa shape index (κ2) is 10.4. The van der Waals surface area contributed by atoms with Crippen molar-refractivity contribution in [2.24, 2.45) is 5.92 Å². The summed E-state index contributed by atoms with van der Waals surface area (Å²) in [5.41, 5.74) is 0.447. The van der Waals surface area contributed by atoms with Crippen molar-refractivity contribution in [3.05, 3.63) is 36.3 Å². The lowest BCUT2D eigenvalue weighted by atomic mass is 9.81. The lowest BCUT2D eigenvalue weighted by molar-refractivity contribution is -0.121. The maximum absolute atomic E-state index is 13.7. The minimum absolute atomic E-state index is 0.112. The van der Waals surface area contributed by atoms with Crippen LogP contribution in [-0.4, -0.2) is 51.4 Å². The molecule has 2 heterocycles. The molecule has 2 aromatic rings. The molecular weight excluding hydrogens is 448 g/mol. The maximum Gasteiger partial charge on any atom is 0.408 e. The molecule has 3 rings (SSSR count). The molecule has 186 valence electrons. The van der Waals surface area contributed by atoms with Crippen molar-refractivity contribution in [3.63, 3.8) is 0 Å². The third-order valence-electron chi connectivity index (χ3n) is 5.46. The van der Waals surface area contributed by atoms with E-state index in [0.29, 0.717) is 18.1 Å². The second-order valence-electron chi connectivity index (χ2n) is 9.40. The molecule has 1 aliphatic rings. The van der Waals surface area contributed by atoms with Crippen LogP contribution in [0.2, 0.25) is 0 Å². The van der Waals surface area contributed by atoms with Gasteiger partial charge < -0.3 is 20.1 Å². The van der Waals surface area contributed by atoms with E-state index < -0.39 is 35.5 Å². The van der Waals surface area contributed by atoms with E-state index in [1.807, 2.05) is 6.07 Å². The highest BCUT2D eigenvalue weighted by molar-refractivity contribution is 5.96. The molecule has 1 aliphatic carbocycles. The molecule has 0 spiro atoms. The number of ether oxygens (including phenoxy) is 2. The number of aromatic nitrogens is 3. The highest BCUT2D eigenvalue weighted by Gasteiger charge is 2.40. The topological polar surface area (TPSA) is 107 Å². The van der Waals surface area contributed by atoms with Gasteiger partial charge in [-0.25, -0.2) is 18.6 Å². The van der Waals surface area contributed by atoms with Crippen molar-refractivity contribution in [2.75, 3.05) is 12.4 Å². The van der Waals surface area contributed by atoms with Crippen molar-refractivity contribution in [1.82, 2.24) is 20.1 Å². The Morgan fingerprint density at radius 2 is 2.00 bits per heavy atom. The lowest BCUT2D eigenvalue weighted by Gasteiger charge is -2.33. The average Bonchev–Trinajstić information content (AvgIpc) is 3.18. The smallest absolute Gasteiger partial charge is 0.408 e. The first-order valence-corrected chi connectivity index (χ1v) is 11.1. The van der Waals surface area contributed by atoms with Gasteiger partial charge in [-0.3, -0.25) is 9.48 Å². The van der Waals surface area contributed by atoms with Crippen LogP contribution in [0.4, 0.5) is 19.3 Å². The van der Waals surface area contributed by atoms with Crippen LogP contribution >= 0.6 is 0 Å². The number of pyridine rings is 1. The number of nitrogens with one attached hydrogen (secondary N) is 2. The predicted molar refractivity (Wildman–Crippen MR) is 121 cm³/mol. The summed E-state index contributed by atoms with van der Waals surface area (Å²) in [7, 11) is 1.53. The fourth-order valence-corrected chi connectivity index (χ4v) is 3.87. The molecule has 0 unspecified atom stereocenters. The maximum atomic E-state index is 13.7. The zero-order valence-corrected chi connectivity index (χ0v) is 19.8. The summed E-state index contributed by atoms with van der Waals surface area (Å²) in [4.78, 5) is 29.6. The van der Waals surface area contributed by atoms with Crippen molar-refractivity contribution in [1.29, 1.82) is 0 Å². The number of alkyl carbamates (subject to hydrolysis) is 1. The second-order valence-corrected chi connectivity index (χ2v) is 9.40. The SMILES string of the molecule is COc1ncccc1Cn1cc(NC(=O)[C@@H](NC(=O)OC(C)(C)C)C2CCC(F)(F)CC2)cn1. The van der Waals surface area contributed by atoms with E-state index in [-0.39, 0.29) is 25.7 Å². The van der Waals surface area contributed by atoms with Gasteiger partial charge in [0.05, 0.1) is 25.5 Å². The van der Waals surface area contributed by atoms with Crippen molar-refractivity contribution in [3.8, 4) is 5.88 Å². The fraction of sp³-hybridized carbons (Fsp3) is 0.565. The van der Waals surface area contributed by atoms with Gasteiger partial charge in [-0.05, 0) is 45.6 Å². The zero-order valence-electron chi connectivity index (χ0n) is 19.8. The Balaban J connectivity index is 1.70. The number of alkyl halides is 2. The van der Waals surface area contributed by atoms with Gasteiger partial charge in [0.25, 0.3) is 0 Å². The zero-order chi connectivity index (χ0) is 24.9. The number of nitrogens with zero attached hydrogens (tertiary/aromatic N) is 3. The van der Waals surface area contributed by atoms with E-state index in [4.69, 9.17) is 9.47 Å². The van der Waals surface area contributed by atoms with E-state index in [2.05, 4.69) is 20.7 Å². The molecule has 34 heavy (non-hydrogen) atoms. The molecule has 1 atom stereocenters. The number of halogens is 2. The number of rotatable bonds is 7. The fourth-order valence-electron chi connectivity index (χ4n) is 3.87. The van der Waals surface area contributed by atoms with Gasteiger partial charge in [0.2, 0.25) is 17.7 Å². The molecule has 0 aliphatic heterocycles. The molecule has 1 saturated carbocycles. The predicted octanol–water partition coefficient (Wildman–Crippen LogP) is 3.99. The molecule has 2 amide bonds. The van der Waals surface area contributed by atoms with E-state index in [1.54, 1.807) is 43.9 Å². The standard InChI is InChI=1S/C23H31F2N5O4/c1-22(2,3)34-21(32)29-18(15-7-9-23(24,25)10-8-15)19(31)28-17-12-27-30(14-17)13-16-6-5-11-26-20(16)33-4/h5-6,11-12,14-15,18H,7-10,13H2,1-4H3,(H,28,31)(H,29,32)/t18-/m0/s1. The molecular formula is C23H31F2N5O4. The number of carbonyl (C=O) groups excluding carboxylic acids is 2. The monoisotopic (exact) mass is 479 g/mol. The molecule has 2 aromatic heterocycles. The van der Waals surface area contributed by atoms with Crippen LogP contribution in [0.5, 0.6) is 5.88 Å². The van der Waals surface area contributed by atoms with E-state index >= 15 is 0 Å². The number of carbonyl (C=O) groups is 2. The first kappa shape index (κ1) is 25.4. The van der Waals surface area contributed by atoms with Gasteiger partial charge in [-0.2, -0.15) is 5.10 Å². The summed E-state index contributed by atoms with van der Waals surface area (Å²) in [6.07, 6.45) is 3.51.